The molecule has 3 atom stereocenters. The van der Waals surface area contributed by atoms with Gasteiger partial charge in [-0.25, -0.2) is 0 Å². The van der Waals surface area contributed by atoms with Crippen molar-refractivity contribution in [1.82, 2.24) is 4.90 Å². The number of hydrogen-bond acceptors (Lipinski definition) is 3. The van der Waals surface area contributed by atoms with Crippen LogP contribution >= 0.6 is 23.2 Å². The Labute approximate surface area is 167 Å². The van der Waals surface area contributed by atoms with E-state index in [-0.39, 0.29) is 11.5 Å². The summed E-state index contributed by atoms with van der Waals surface area (Å²) in [7, 11) is 0. The fraction of sp³-hybridized carbons (Fsp3) is 0.714. The van der Waals surface area contributed by atoms with Gasteiger partial charge in [-0.1, -0.05) is 50.0 Å². The summed E-state index contributed by atoms with van der Waals surface area (Å²) >= 11 is 12.4. The molecule has 0 amide bonds. The van der Waals surface area contributed by atoms with Gasteiger partial charge in [0.1, 0.15) is 0 Å². The predicted octanol–water partition coefficient (Wildman–Crippen LogP) is 5.43. The van der Waals surface area contributed by atoms with E-state index in [1.807, 2.05) is 12.1 Å². The quantitative estimate of drug-likeness (QED) is 0.658. The highest BCUT2D eigenvalue weighted by atomic mass is 35.5. The minimum Gasteiger partial charge on any atom is -0.347 e. The second-order valence-corrected chi connectivity index (χ2v) is 9.64. The van der Waals surface area contributed by atoms with E-state index >= 15 is 0 Å². The van der Waals surface area contributed by atoms with Crippen LogP contribution in [0.4, 0.5) is 0 Å². The molecule has 0 aromatic heterocycles. The number of benzene rings is 1. The number of likely N-dealkylation sites (tertiary alicyclic amines) is 1. The molecule has 3 unspecified atom stereocenters. The van der Waals surface area contributed by atoms with Crippen molar-refractivity contribution in [3.8, 4) is 0 Å². The third kappa shape index (κ3) is 4.56. The monoisotopic (exact) mass is 399 g/mol. The Bertz CT molecular complexity index is 636. The van der Waals surface area contributed by atoms with Crippen molar-refractivity contribution in [2.75, 3.05) is 26.2 Å². The van der Waals surface area contributed by atoms with Crippen molar-refractivity contribution >= 4 is 23.2 Å². The molecule has 1 aromatic rings. The molecule has 0 spiro atoms. The van der Waals surface area contributed by atoms with Crippen LogP contribution in [0.3, 0.4) is 0 Å². The fourth-order valence-electron chi connectivity index (χ4n) is 4.13. The highest BCUT2D eigenvalue weighted by Crippen LogP contribution is 2.43. The zero-order valence-electron chi connectivity index (χ0n) is 16.4. The lowest BCUT2D eigenvalue weighted by atomic mass is 9.78. The summed E-state index contributed by atoms with van der Waals surface area (Å²) in [6.07, 6.45) is 3.52. The summed E-state index contributed by atoms with van der Waals surface area (Å²) in [6.45, 7) is 12.7. The van der Waals surface area contributed by atoms with Crippen molar-refractivity contribution < 1.29 is 9.47 Å². The molecule has 2 aliphatic rings. The van der Waals surface area contributed by atoms with Crippen molar-refractivity contribution in [3.05, 3.63) is 33.8 Å². The molecule has 146 valence electrons. The Morgan fingerprint density at radius 3 is 2.77 bits per heavy atom. The molecule has 0 bridgehead atoms. The number of piperidine rings is 1. The standard InChI is InChI=1S/C21H31Cl2NO2/c1-15-6-5-9-24(12-15)13-18-14-25-21(4,26-18)20(2,3)11-16-7-8-17(22)10-19(16)23/h7-8,10,15,18H,5-6,9,11-14H2,1-4H3. The first-order valence-electron chi connectivity index (χ1n) is 9.66. The van der Waals surface area contributed by atoms with E-state index in [0.717, 1.165) is 24.4 Å². The van der Waals surface area contributed by atoms with Crippen LogP contribution in [0.15, 0.2) is 18.2 Å². The Hall–Kier alpha value is -0.320. The Kier molecular flexibility index (Phi) is 6.26. The van der Waals surface area contributed by atoms with E-state index < -0.39 is 5.79 Å². The number of halogens is 2. The molecule has 0 aliphatic carbocycles. The molecule has 3 nitrogen and oxygen atoms in total. The van der Waals surface area contributed by atoms with E-state index in [1.165, 1.54) is 25.9 Å². The maximum absolute atomic E-state index is 6.45. The Balaban J connectivity index is 1.63. The predicted molar refractivity (Wildman–Crippen MR) is 108 cm³/mol. The first kappa shape index (κ1) is 20.4. The second kappa shape index (κ2) is 7.97. The lowest BCUT2D eigenvalue weighted by molar-refractivity contribution is -0.224. The summed E-state index contributed by atoms with van der Waals surface area (Å²) in [5, 5.41) is 1.36. The summed E-state index contributed by atoms with van der Waals surface area (Å²) in [4.78, 5) is 2.52. The van der Waals surface area contributed by atoms with Gasteiger partial charge in [-0.2, -0.15) is 0 Å². The molecule has 2 saturated heterocycles. The van der Waals surface area contributed by atoms with Crippen molar-refractivity contribution in [2.24, 2.45) is 11.3 Å². The maximum atomic E-state index is 6.45. The van der Waals surface area contributed by atoms with Crippen molar-refractivity contribution in [1.29, 1.82) is 0 Å². The van der Waals surface area contributed by atoms with Crippen LogP contribution in [0.1, 0.15) is 46.1 Å². The van der Waals surface area contributed by atoms with E-state index in [2.05, 4.69) is 32.6 Å². The topological polar surface area (TPSA) is 21.7 Å². The third-order valence-electron chi connectivity index (χ3n) is 6.02. The number of nitrogens with zero attached hydrogens (tertiary/aromatic N) is 1. The van der Waals surface area contributed by atoms with Gasteiger partial charge in [0.15, 0.2) is 5.79 Å². The minimum absolute atomic E-state index is 0.130. The molecule has 2 heterocycles. The number of rotatable bonds is 5. The summed E-state index contributed by atoms with van der Waals surface area (Å²) in [5.74, 6) is 0.156. The zero-order chi connectivity index (χ0) is 18.9. The largest absolute Gasteiger partial charge is 0.347 e. The summed E-state index contributed by atoms with van der Waals surface area (Å²) in [5.41, 5.74) is 0.858. The van der Waals surface area contributed by atoms with Crippen molar-refractivity contribution in [2.45, 2.75) is 58.8 Å². The molecular weight excluding hydrogens is 369 g/mol. The molecule has 0 N–H and O–H groups in total. The van der Waals surface area contributed by atoms with Gasteiger partial charge in [-0.15, -0.1) is 0 Å². The van der Waals surface area contributed by atoms with Crippen LogP contribution in [0.25, 0.3) is 0 Å². The molecule has 5 heteroatoms. The molecule has 1 aromatic carbocycles. The van der Waals surface area contributed by atoms with Gasteiger partial charge in [0.05, 0.1) is 12.7 Å². The lowest BCUT2D eigenvalue weighted by Crippen LogP contribution is -2.46. The summed E-state index contributed by atoms with van der Waals surface area (Å²) < 4.78 is 12.7. The Morgan fingerprint density at radius 2 is 2.08 bits per heavy atom. The van der Waals surface area contributed by atoms with Gasteiger partial charge >= 0.3 is 0 Å². The first-order chi connectivity index (χ1) is 12.2. The van der Waals surface area contributed by atoms with E-state index in [1.54, 1.807) is 6.07 Å². The normalized spacial score (nSPS) is 30.7. The van der Waals surface area contributed by atoms with Crippen LogP contribution in [0.2, 0.25) is 10.0 Å². The van der Waals surface area contributed by atoms with Crippen LogP contribution in [0, 0.1) is 11.3 Å². The fourth-order valence-corrected chi connectivity index (χ4v) is 4.60. The molecular formula is C21H31Cl2NO2. The van der Waals surface area contributed by atoms with Crippen LogP contribution in [0.5, 0.6) is 0 Å². The van der Waals surface area contributed by atoms with E-state index in [4.69, 9.17) is 32.7 Å². The molecule has 2 fully saturated rings. The smallest absolute Gasteiger partial charge is 0.171 e. The van der Waals surface area contributed by atoms with Crippen LogP contribution in [-0.2, 0) is 15.9 Å². The molecule has 0 saturated carbocycles. The third-order valence-corrected chi connectivity index (χ3v) is 6.60. The molecule has 2 aliphatic heterocycles. The molecule has 26 heavy (non-hydrogen) atoms. The van der Waals surface area contributed by atoms with E-state index in [0.29, 0.717) is 16.7 Å². The zero-order valence-corrected chi connectivity index (χ0v) is 17.9. The SMILES string of the molecule is CC1CCCN(CC2COC(C)(C(C)(C)Cc3ccc(Cl)cc3Cl)O2)C1. The van der Waals surface area contributed by atoms with Gasteiger partial charge < -0.3 is 14.4 Å². The van der Waals surface area contributed by atoms with Crippen molar-refractivity contribution in [3.63, 3.8) is 0 Å². The van der Waals surface area contributed by atoms with Gasteiger partial charge in [0.25, 0.3) is 0 Å². The maximum Gasteiger partial charge on any atom is 0.171 e. The number of ether oxygens (including phenoxy) is 2. The Morgan fingerprint density at radius 1 is 1.31 bits per heavy atom. The highest BCUT2D eigenvalue weighted by Gasteiger charge is 2.49. The van der Waals surface area contributed by atoms with E-state index in [9.17, 15) is 0 Å². The first-order valence-corrected chi connectivity index (χ1v) is 10.4. The van der Waals surface area contributed by atoms with Crippen LogP contribution in [-0.4, -0.2) is 43.0 Å². The molecule has 3 rings (SSSR count). The summed E-state index contributed by atoms with van der Waals surface area (Å²) in [6, 6.07) is 5.68. The highest BCUT2D eigenvalue weighted by molar-refractivity contribution is 6.35. The lowest BCUT2D eigenvalue weighted by Gasteiger charge is -2.40. The average molecular weight is 400 g/mol. The molecule has 0 radical (unpaired) electrons. The number of hydrogen-bond donors (Lipinski definition) is 0. The van der Waals surface area contributed by atoms with Gasteiger partial charge in [0.2, 0.25) is 0 Å². The van der Waals surface area contributed by atoms with Crippen LogP contribution < -0.4 is 0 Å². The van der Waals surface area contributed by atoms with Gasteiger partial charge in [-0.05, 0) is 56.3 Å². The average Bonchev–Trinajstić information content (AvgIpc) is 2.93. The van der Waals surface area contributed by atoms with Gasteiger partial charge in [0, 0.05) is 28.5 Å². The van der Waals surface area contributed by atoms with Gasteiger partial charge in [-0.3, -0.25) is 0 Å². The second-order valence-electron chi connectivity index (χ2n) is 8.80. The minimum atomic E-state index is -0.623.